The van der Waals surface area contributed by atoms with Crippen molar-refractivity contribution in [1.82, 2.24) is 15.5 Å². The normalized spacial score (nSPS) is 11.9. The first-order valence-electron chi connectivity index (χ1n) is 7.18. The van der Waals surface area contributed by atoms with Gasteiger partial charge in [-0.05, 0) is 42.6 Å². The van der Waals surface area contributed by atoms with Crippen LogP contribution in [-0.4, -0.2) is 22.2 Å². The lowest BCUT2D eigenvalue weighted by Crippen LogP contribution is -2.35. The first-order chi connectivity index (χ1) is 11.6. The number of carbonyl (C=O) groups is 1. The van der Waals surface area contributed by atoms with Crippen molar-refractivity contribution in [2.24, 2.45) is 0 Å². The molecule has 6 nitrogen and oxygen atoms in total. The third-order valence-electron chi connectivity index (χ3n) is 3.12. The summed E-state index contributed by atoms with van der Waals surface area (Å²) in [6, 6.07) is 9.24. The Morgan fingerprint density at radius 2 is 2.17 bits per heavy atom. The third-order valence-corrected chi connectivity index (χ3v) is 3.99. The highest BCUT2D eigenvalue weighted by Gasteiger charge is 2.16. The van der Waals surface area contributed by atoms with Crippen LogP contribution in [0, 0.1) is 5.82 Å². The molecule has 124 valence electrons. The van der Waals surface area contributed by atoms with Crippen molar-refractivity contribution in [2.75, 3.05) is 0 Å². The fourth-order valence-corrected chi connectivity index (χ4v) is 2.56. The van der Waals surface area contributed by atoms with Gasteiger partial charge in [0.05, 0.1) is 11.4 Å². The van der Waals surface area contributed by atoms with Gasteiger partial charge in [0, 0.05) is 0 Å². The van der Waals surface area contributed by atoms with Crippen molar-refractivity contribution in [3.05, 3.63) is 53.5 Å². The minimum absolute atomic E-state index is 0.105. The lowest BCUT2D eigenvalue weighted by molar-refractivity contribution is -0.127. The Balaban J connectivity index is 1.52. The number of hydrogen-bond donors (Lipinski definition) is 1. The molecular weight excluding hydrogens is 333 g/mol. The van der Waals surface area contributed by atoms with Crippen molar-refractivity contribution in [3.63, 3.8) is 0 Å². The molecule has 0 saturated heterocycles. The summed E-state index contributed by atoms with van der Waals surface area (Å²) in [5.41, 5.74) is 0. The monoisotopic (exact) mass is 347 g/mol. The van der Waals surface area contributed by atoms with E-state index in [-0.39, 0.29) is 18.3 Å². The second kappa shape index (κ2) is 7.22. The van der Waals surface area contributed by atoms with E-state index in [1.54, 1.807) is 6.92 Å². The quantitative estimate of drug-likeness (QED) is 0.742. The molecule has 0 bridgehead atoms. The predicted octanol–water partition coefficient (Wildman–Crippen LogP) is 3.02. The summed E-state index contributed by atoms with van der Waals surface area (Å²) in [6.45, 7) is 1.71. The largest absolute Gasteiger partial charge is 0.481 e. The summed E-state index contributed by atoms with van der Waals surface area (Å²) in [5.74, 6) is 0.509. The number of carbonyl (C=O) groups excluding carboxylic acids is 1. The van der Waals surface area contributed by atoms with Crippen molar-refractivity contribution >= 4 is 17.2 Å². The summed E-state index contributed by atoms with van der Waals surface area (Å²) in [4.78, 5) is 17.1. The van der Waals surface area contributed by atoms with E-state index in [0.29, 0.717) is 17.5 Å². The van der Waals surface area contributed by atoms with Gasteiger partial charge in [0.15, 0.2) is 6.10 Å². The van der Waals surface area contributed by atoms with E-state index in [9.17, 15) is 9.18 Å². The molecule has 1 atom stereocenters. The Bertz CT molecular complexity index is 802. The smallest absolute Gasteiger partial charge is 0.261 e. The first kappa shape index (κ1) is 16.1. The van der Waals surface area contributed by atoms with E-state index in [2.05, 4.69) is 15.5 Å². The molecule has 1 N–H and O–H groups in total. The molecular formula is C16H14FN3O3S. The number of hydrogen-bond acceptors (Lipinski definition) is 6. The molecule has 3 rings (SSSR count). The second-order valence-corrected chi connectivity index (χ2v) is 5.87. The van der Waals surface area contributed by atoms with Crippen molar-refractivity contribution in [3.8, 4) is 16.5 Å². The predicted molar refractivity (Wildman–Crippen MR) is 85.9 cm³/mol. The van der Waals surface area contributed by atoms with Gasteiger partial charge in [-0.25, -0.2) is 4.39 Å². The van der Waals surface area contributed by atoms with Crippen LogP contribution in [-0.2, 0) is 11.3 Å². The molecule has 2 aromatic heterocycles. The van der Waals surface area contributed by atoms with E-state index in [1.165, 1.54) is 35.6 Å². The van der Waals surface area contributed by atoms with Crippen LogP contribution in [0.1, 0.15) is 12.8 Å². The molecule has 0 aliphatic carbocycles. The average molecular weight is 347 g/mol. The maximum Gasteiger partial charge on any atom is 0.261 e. The standard InChI is InChI=1S/C16H14FN3O3S/c1-10(22-12-6-4-11(17)5-7-12)16(21)18-9-14-19-15(20-23-14)13-3-2-8-24-13/h2-8,10H,9H2,1H3,(H,18,21)/t10-/m1/s1. The fraction of sp³-hybridized carbons (Fsp3) is 0.188. The maximum atomic E-state index is 12.8. The molecule has 8 heteroatoms. The Morgan fingerprint density at radius 3 is 2.88 bits per heavy atom. The minimum Gasteiger partial charge on any atom is -0.481 e. The van der Waals surface area contributed by atoms with Crippen molar-refractivity contribution in [1.29, 1.82) is 0 Å². The van der Waals surface area contributed by atoms with Crippen LogP contribution in [0.15, 0.2) is 46.3 Å². The molecule has 0 unspecified atom stereocenters. The van der Waals surface area contributed by atoms with E-state index < -0.39 is 6.10 Å². The summed E-state index contributed by atoms with van der Waals surface area (Å²) in [7, 11) is 0. The zero-order valence-corrected chi connectivity index (χ0v) is 13.5. The number of halogens is 1. The molecule has 0 fully saturated rings. The number of thiophene rings is 1. The van der Waals surface area contributed by atoms with Gasteiger partial charge >= 0.3 is 0 Å². The minimum atomic E-state index is -0.741. The van der Waals surface area contributed by atoms with Gasteiger partial charge in [0.1, 0.15) is 11.6 Å². The van der Waals surface area contributed by atoms with Gasteiger partial charge < -0.3 is 14.6 Å². The molecule has 24 heavy (non-hydrogen) atoms. The molecule has 3 aromatic rings. The molecule has 0 spiro atoms. The molecule has 1 amide bonds. The Hall–Kier alpha value is -2.74. The second-order valence-electron chi connectivity index (χ2n) is 4.92. The summed E-state index contributed by atoms with van der Waals surface area (Å²) >= 11 is 1.50. The molecule has 0 saturated carbocycles. The highest BCUT2D eigenvalue weighted by Crippen LogP contribution is 2.21. The first-order valence-corrected chi connectivity index (χ1v) is 8.06. The Morgan fingerprint density at radius 1 is 1.38 bits per heavy atom. The van der Waals surface area contributed by atoms with Gasteiger partial charge in [-0.2, -0.15) is 4.98 Å². The summed E-state index contributed by atoms with van der Waals surface area (Å²) < 4.78 is 23.4. The summed E-state index contributed by atoms with van der Waals surface area (Å²) in [5, 5.41) is 8.44. The van der Waals surface area contributed by atoms with Crippen LogP contribution in [0.4, 0.5) is 4.39 Å². The molecule has 1 aromatic carbocycles. The number of aromatic nitrogens is 2. The lowest BCUT2D eigenvalue weighted by Gasteiger charge is -2.13. The maximum absolute atomic E-state index is 12.8. The van der Waals surface area contributed by atoms with E-state index >= 15 is 0 Å². The topological polar surface area (TPSA) is 77.2 Å². The fourth-order valence-electron chi connectivity index (χ4n) is 1.91. The number of rotatable bonds is 6. The highest BCUT2D eigenvalue weighted by atomic mass is 32.1. The van der Waals surface area contributed by atoms with Crippen LogP contribution >= 0.6 is 11.3 Å². The van der Waals surface area contributed by atoms with Crippen LogP contribution in [0.25, 0.3) is 10.7 Å². The van der Waals surface area contributed by atoms with E-state index in [0.717, 1.165) is 4.88 Å². The van der Waals surface area contributed by atoms with Gasteiger partial charge in [-0.1, -0.05) is 11.2 Å². The summed E-state index contributed by atoms with van der Waals surface area (Å²) in [6.07, 6.45) is -0.741. The van der Waals surface area contributed by atoms with Gasteiger partial charge in [0.2, 0.25) is 11.7 Å². The molecule has 0 aliphatic rings. The van der Waals surface area contributed by atoms with Gasteiger partial charge in [-0.3, -0.25) is 4.79 Å². The number of nitrogens with one attached hydrogen (secondary N) is 1. The molecule has 2 heterocycles. The van der Waals surface area contributed by atoms with Crippen LogP contribution in [0.3, 0.4) is 0 Å². The van der Waals surface area contributed by atoms with Crippen molar-refractivity contribution < 1.29 is 18.4 Å². The Labute approximate surface area is 141 Å². The van der Waals surface area contributed by atoms with Gasteiger partial charge in [0.25, 0.3) is 5.91 Å². The zero-order valence-electron chi connectivity index (χ0n) is 12.7. The SMILES string of the molecule is C[C@@H](Oc1ccc(F)cc1)C(=O)NCc1nc(-c2cccs2)no1. The Kier molecular flexibility index (Phi) is 4.85. The number of nitrogens with zero attached hydrogens (tertiary/aromatic N) is 2. The number of benzene rings is 1. The lowest BCUT2D eigenvalue weighted by atomic mass is 10.3. The van der Waals surface area contributed by atoms with Crippen molar-refractivity contribution in [2.45, 2.75) is 19.6 Å². The van der Waals surface area contributed by atoms with Gasteiger partial charge in [-0.15, -0.1) is 11.3 Å². The third kappa shape index (κ3) is 3.96. The van der Waals surface area contributed by atoms with E-state index in [4.69, 9.17) is 9.26 Å². The van der Waals surface area contributed by atoms with Crippen LogP contribution in [0.5, 0.6) is 5.75 Å². The van der Waals surface area contributed by atoms with Crippen LogP contribution in [0.2, 0.25) is 0 Å². The number of ether oxygens (including phenoxy) is 1. The highest BCUT2D eigenvalue weighted by molar-refractivity contribution is 7.13. The molecule has 0 aliphatic heterocycles. The zero-order chi connectivity index (χ0) is 16.9. The van der Waals surface area contributed by atoms with E-state index in [1.807, 2.05) is 17.5 Å². The van der Waals surface area contributed by atoms with Crippen LogP contribution < -0.4 is 10.1 Å². The molecule has 0 radical (unpaired) electrons. The average Bonchev–Trinajstić information content (AvgIpc) is 3.25. The number of amides is 1.